The van der Waals surface area contributed by atoms with Crippen LogP contribution < -0.4 is 10.2 Å². The van der Waals surface area contributed by atoms with E-state index in [9.17, 15) is 14.4 Å². The van der Waals surface area contributed by atoms with E-state index < -0.39 is 0 Å². The highest BCUT2D eigenvalue weighted by atomic mass is 16.2. The summed E-state index contributed by atoms with van der Waals surface area (Å²) in [5.41, 5.74) is 2.18. The minimum atomic E-state index is -0.237. The number of anilines is 2. The minimum absolute atomic E-state index is 0.0560. The fourth-order valence-corrected chi connectivity index (χ4v) is 2.75. The van der Waals surface area contributed by atoms with E-state index in [1.165, 1.54) is 18.7 Å². The summed E-state index contributed by atoms with van der Waals surface area (Å²) in [7, 11) is 0. The molecule has 0 aliphatic carbocycles. The molecule has 1 N–H and O–H groups in total. The average Bonchev–Trinajstić information content (AvgIpc) is 2.64. The highest BCUT2D eigenvalue weighted by molar-refractivity contribution is 5.98. The van der Waals surface area contributed by atoms with Gasteiger partial charge in [-0.15, -0.1) is 0 Å². The van der Waals surface area contributed by atoms with Crippen molar-refractivity contribution in [2.45, 2.75) is 27.3 Å². The van der Waals surface area contributed by atoms with Gasteiger partial charge in [0.05, 0.1) is 0 Å². The van der Waals surface area contributed by atoms with Gasteiger partial charge < -0.3 is 15.1 Å². The Morgan fingerprint density at radius 2 is 1.67 bits per heavy atom. The number of nitrogens with zero attached hydrogens (tertiary/aromatic N) is 2. The third kappa shape index (κ3) is 5.95. The predicted octanol–water partition coefficient (Wildman–Crippen LogP) is 3.05. The van der Waals surface area contributed by atoms with E-state index in [0.29, 0.717) is 24.5 Å². The Morgan fingerprint density at radius 1 is 0.963 bits per heavy atom. The molecule has 6 heteroatoms. The van der Waals surface area contributed by atoms with E-state index in [4.69, 9.17) is 0 Å². The Morgan fingerprint density at radius 3 is 2.26 bits per heavy atom. The van der Waals surface area contributed by atoms with Crippen molar-refractivity contribution in [3.63, 3.8) is 0 Å². The lowest BCUT2D eigenvalue weighted by Crippen LogP contribution is -2.42. The van der Waals surface area contributed by atoms with Gasteiger partial charge in [0.1, 0.15) is 6.54 Å². The highest BCUT2D eigenvalue weighted by Gasteiger charge is 2.20. The average molecular weight is 367 g/mol. The molecular weight excluding hydrogens is 342 g/mol. The van der Waals surface area contributed by atoms with Gasteiger partial charge in [-0.2, -0.15) is 0 Å². The molecule has 0 heterocycles. The summed E-state index contributed by atoms with van der Waals surface area (Å²) in [5, 5.41) is 2.69. The van der Waals surface area contributed by atoms with Crippen LogP contribution >= 0.6 is 0 Å². The molecule has 0 spiro atoms. The van der Waals surface area contributed by atoms with Gasteiger partial charge in [-0.05, 0) is 30.7 Å². The zero-order valence-corrected chi connectivity index (χ0v) is 15.9. The molecule has 6 nitrogen and oxygen atoms in total. The Hall–Kier alpha value is -3.15. The first-order chi connectivity index (χ1) is 12.9. The molecule has 0 unspecified atom stereocenters. The maximum Gasteiger partial charge on any atom is 0.242 e. The van der Waals surface area contributed by atoms with Crippen molar-refractivity contribution in [3.05, 3.63) is 60.2 Å². The molecule has 0 aliphatic heterocycles. The molecule has 2 aromatic carbocycles. The quantitative estimate of drug-likeness (QED) is 0.818. The van der Waals surface area contributed by atoms with Crippen molar-refractivity contribution in [1.29, 1.82) is 0 Å². The summed E-state index contributed by atoms with van der Waals surface area (Å²) < 4.78 is 0. The molecule has 0 radical (unpaired) electrons. The maximum absolute atomic E-state index is 12.8. The van der Waals surface area contributed by atoms with Crippen LogP contribution in [0.2, 0.25) is 0 Å². The number of amides is 3. The van der Waals surface area contributed by atoms with Crippen molar-refractivity contribution in [1.82, 2.24) is 4.90 Å². The smallest absolute Gasteiger partial charge is 0.242 e. The first-order valence-electron chi connectivity index (χ1n) is 8.88. The van der Waals surface area contributed by atoms with Crippen molar-refractivity contribution in [2.75, 3.05) is 23.3 Å². The van der Waals surface area contributed by atoms with Gasteiger partial charge in [0.25, 0.3) is 0 Å². The number of hydrogen-bond donors (Lipinski definition) is 1. The summed E-state index contributed by atoms with van der Waals surface area (Å²) in [6.07, 6.45) is 0. The number of benzene rings is 2. The van der Waals surface area contributed by atoms with E-state index in [1.807, 2.05) is 37.3 Å². The van der Waals surface area contributed by atoms with Crippen molar-refractivity contribution >= 4 is 29.1 Å². The van der Waals surface area contributed by atoms with Crippen LogP contribution in [0.5, 0.6) is 0 Å². The molecule has 0 aromatic heterocycles. The van der Waals surface area contributed by atoms with E-state index >= 15 is 0 Å². The second kappa shape index (κ2) is 9.52. The SMILES string of the molecule is CCN(Cc1ccccc1)C(=O)CN(C(C)=O)c1cccc(NC(C)=O)c1. The third-order valence-electron chi connectivity index (χ3n) is 4.10. The van der Waals surface area contributed by atoms with Crippen LogP contribution in [0.1, 0.15) is 26.3 Å². The summed E-state index contributed by atoms with van der Waals surface area (Å²) in [4.78, 5) is 39.3. The van der Waals surface area contributed by atoms with Gasteiger partial charge in [0.15, 0.2) is 0 Å². The molecule has 2 aromatic rings. The fourth-order valence-electron chi connectivity index (χ4n) is 2.75. The van der Waals surface area contributed by atoms with Crippen LogP contribution in [-0.2, 0) is 20.9 Å². The molecule has 3 amide bonds. The van der Waals surface area contributed by atoms with E-state index in [2.05, 4.69) is 5.32 Å². The van der Waals surface area contributed by atoms with Gasteiger partial charge in [0.2, 0.25) is 17.7 Å². The third-order valence-corrected chi connectivity index (χ3v) is 4.10. The molecule has 0 bridgehead atoms. The van der Waals surface area contributed by atoms with Crippen molar-refractivity contribution in [2.24, 2.45) is 0 Å². The Balaban J connectivity index is 2.16. The van der Waals surface area contributed by atoms with Crippen LogP contribution in [0.15, 0.2) is 54.6 Å². The minimum Gasteiger partial charge on any atom is -0.337 e. The first kappa shape index (κ1) is 20.2. The number of hydrogen-bond acceptors (Lipinski definition) is 3. The lowest BCUT2D eigenvalue weighted by atomic mass is 10.2. The van der Waals surface area contributed by atoms with Crippen molar-refractivity contribution < 1.29 is 14.4 Å². The number of likely N-dealkylation sites (N-methyl/N-ethyl adjacent to an activating group) is 1. The Bertz CT molecular complexity index is 805. The molecule has 27 heavy (non-hydrogen) atoms. The van der Waals surface area contributed by atoms with Crippen LogP contribution in [0, 0.1) is 0 Å². The van der Waals surface area contributed by atoms with E-state index in [0.717, 1.165) is 5.56 Å². The monoisotopic (exact) mass is 367 g/mol. The van der Waals surface area contributed by atoms with Crippen LogP contribution in [-0.4, -0.2) is 35.7 Å². The number of nitrogens with one attached hydrogen (secondary N) is 1. The standard InChI is InChI=1S/C21H25N3O3/c1-4-23(14-18-9-6-5-7-10-18)21(27)15-24(17(3)26)20-12-8-11-19(13-20)22-16(2)25/h5-13H,4,14-15H2,1-3H3,(H,22,25). The van der Waals surface area contributed by atoms with E-state index in [-0.39, 0.29) is 24.3 Å². The lowest BCUT2D eigenvalue weighted by molar-refractivity contribution is -0.131. The van der Waals surface area contributed by atoms with Crippen LogP contribution in [0.4, 0.5) is 11.4 Å². The van der Waals surface area contributed by atoms with Crippen molar-refractivity contribution in [3.8, 4) is 0 Å². The fraction of sp³-hybridized carbons (Fsp3) is 0.286. The van der Waals surface area contributed by atoms with Gasteiger partial charge in [-0.1, -0.05) is 36.4 Å². The zero-order chi connectivity index (χ0) is 19.8. The maximum atomic E-state index is 12.8. The topological polar surface area (TPSA) is 69.7 Å². The first-order valence-corrected chi connectivity index (χ1v) is 8.88. The number of carbonyl (C=O) groups is 3. The summed E-state index contributed by atoms with van der Waals surface area (Å²) in [5.74, 6) is -0.571. The largest absolute Gasteiger partial charge is 0.337 e. The number of carbonyl (C=O) groups excluding carboxylic acids is 3. The molecule has 0 atom stereocenters. The Labute approximate surface area is 159 Å². The Kier molecular flexibility index (Phi) is 7.11. The molecule has 2 rings (SSSR count). The normalized spacial score (nSPS) is 10.2. The van der Waals surface area contributed by atoms with Gasteiger partial charge in [0, 0.05) is 38.3 Å². The second-order valence-corrected chi connectivity index (χ2v) is 6.23. The van der Waals surface area contributed by atoms with E-state index in [1.54, 1.807) is 29.2 Å². The number of rotatable bonds is 7. The predicted molar refractivity (Wildman–Crippen MR) is 106 cm³/mol. The van der Waals surface area contributed by atoms with Crippen LogP contribution in [0.3, 0.4) is 0 Å². The molecule has 0 fully saturated rings. The molecular formula is C21H25N3O3. The molecule has 0 saturated heterocycles. The van der Waals surface area contributed by atoms with Crippen LogP contribution in [0.25, 0.3) is 0 Å². The van der Waals surface area contributed by atoms with Gasteiger partial charge in [-0.25, -0.2) is 0 Å². The molecule has 0 aliphatic rings. The van der Waals surface area contributed by atoms with Gasteiger partial charge in [-0.3, -0.25) is 14.4 Å². The zero-order valence-electron chi connectivity index (χ0n) is 15.9. The summed E-state index contributed by atoms with van der Waals surface area (Å²) >= 11 is 0. The molecule has 142 valence electrons. The van der Waals surface area contributed by atoms with Gasteiger partial charge >= 0.3 is 0 Å². The molecule has 0 saturated carbocycles. The second-order valence-electron chi connectivity index (χ2n) is 6.23. The summed E-state index contributed by atoms with van der Waals surface area (Å²) in [6, 6.07) is 16.6. The summed E-state index contributed by atoms with van der Waals surface area (Å²) in [6.45, 7) is 5.74. The lowest BCUT2D eigenvalue weighted by Gasteiger charge is -2.26. The highest BCUT2D eigenvalue weighted by Crippen LogP contribution is 2.20.